The van der Waals surface area contributed by atoms with Crippen molar-refractivity contribution < 1.29 is 0 Å². The van der Waals surface area contributed by atoms with Crippen LogP contribution in [-0.4, -0.2) is 4.98 Å². The lowest BCUT2D eigenvalue weighted by Gasteiger charge is -2.05. The average Bonchev–Trinajstić information content (AvgIpc) is 2.29. The maximum Gasteiger partial charge on any atom is 0.256 e. The Bertz CT molecular complexity index is 740. The van der Waals surface area contributed by atoms with Crippen LogP contribution >= 0.6 is 0 Å². The first kappa shape index (κ1) is 9.16. The number of rotatable bonds is 0. The predicted octanol–water partition coefficient (Wildman–Crippen LogP) is 2.99. The largest absolute Gasteiger partial charge is 0.321 e. The first-order valence-corrected chi connectivity index (χ1v) is 5.28. The van der Waals surface area contributed by atoms with Crippen molar-refractivity contribution in [2.75, 3.05) is 0 Å². The molecule has 0 unspecified atom stereocenters. The van der Waals surface area contributed by atoms with E-state index in [4.69, 9.17) is 0 Å². The second-order valence-electron chi connectivity index (χ2n) is 4.00. The van der Waals surface area contributed by atoms with Gasteiger partial charge in [0.1, 0.15) is 0 Å². The Morgan fingerprint density at radius 2 is 1.69 bits per heavy atom. The maximum absolute atomic E-state index is 11.8. The number of fused-ring (bicyclic) bond motifs is 3. The van der Waals surface area contributed by atoms with E-state index in [0.29, 0.717) is 0 Å². The molecule has 0 spiro atoms. The van der Waals surface area contributed by atoms with Crippen LogP contribution in [0, 0.1) is 6.92 Å². The summed E-state index contributed by atoms with van der Waals surface area (Å²) in [6.07, 6.45) is 0. The van der Waals surface area contributed by atoms with Crippen LogP contribution in [-0.2, 0) is 0 Å². The van der Waals surface area contributed by atoms with Crippen LogP contribution in [0.3, 0.4) is 0 Å². The summed E-state index contributed by atoms with van der Waals surface area (Å²) in [4.78, 5) is 14.8. The van der Waals surface area contributed by atoms with Crippen molar-refractivity contribution in [3.63, 3.8) is 0 Å². The molecule has 0 atom stereocenters. The van der Waals surface area contributed by atoms with E-state index in [9.17, 15) is 4.79 Å². The van der Waals surface area contributed by atoms with Crippen molar-refractivity contribution in [2.45, 2.75) is 6.92 Å². The fourth-order valence-corrected chi connectivity index (χ4v) is 2.22. The smallest absolute Gasteiger partial charge is 0.256 e. The number of aromatic nitrogens is 1. The lowest BCUT2D eigenvalue weighted by molar-refractivity contribution is 1.33. The standard InChI is InChI=1S/C14H11NO/c1-9-5-4-8-12-13(9)10-6-2-3-7-11(10)14(16)15-12/h2-8H,1H3,(H,15,16). The molecule has 0 aliphatic rings. The molecule has 3 rings (SSSR count). The highest BCUT2D eigenvalue weighted by molar-refractivity contribution is 6.06. The van der Waals surface area contributed by atoms with Crippen LogP contribution in [0.2, 0.25) is 0 Å². The number of benzene rings is 2. The summed E-state index contributed by atoms with van der Waals surface area (Å²) in [6.45, 7) is 2.06. The summed E-state index contributed by atoms with van der Waals surface area (Å²) in [7, 11) is 0. The Kier molecular flexibility index (Phi) is 1.83. The SMILES string of the molecule is Cc1cccc2[nH]c(=O)c3ccccc3c12. The molecular formula is C14H11NO. The quantitative estimate of drug-likeness (QED) is 0.567. The Morgan fingerprint density at radius 3 is 2.50 bits per heavy atom. The zero-order valence-electron chi connectivity index (χ0n) is 8.95. The summed E-state index contributed by atoms with van der Waals surface area (Å²) in [5.74, 6) is 0. The first-order chi connectivity index (χ1) is 7.77. The van der Waals surface area contributed by atoms with Crippen LogP contribution in [0.5, 0.6) is 0 Å². The van der Waals surface area contributed by atoms with Gasteiger partial charge in [-0.2, -0.15) is 0 Å². The zero-order chi connectivity index (χ0) is 11.1. The van der Waals surface area contributed by atoms with Crippen molar-refractivity contribution in [2.24, 2.45) is 0 Å². The highest BCUT2D eigenvalue weighted by Gasteiger charge is 2.05. The number of hydrogen-bond donors (Lipinski definition) is 1. The Labute approximate surface area is 92.5 Å². The third-order valence-corrected chi connectivity index (χ3v) is 2.96. The minimum Gasteiger partial charge on any atom is -0.321 e. The minimum absolute atomic E-state index is 0.0197. The normalized spacial score (nSPS) is 11.1. The number of pyridine rings is 1. The molecule has 2 aromatic carbocycles. The van der Waals surface area contributed by atoms with Gasteiger partial charge in [0.05, 0.1) is 0 Å². The lowest BCUT2D eigenvalue weighted by Crippen LogP contribution is -2.06. The van der Waals surface area contributed by atoms with Gasteiger partial charge in [0.25, 0.3) is 5.56 Å². The number of H-pyrrole nitrogens is 1. The van der Waals surface area contributed by atoms with Gasteiger partial charge in [-0.25, -0.2) is 0 Å². The monoisotopic (exact) mass is 209 g/mol. The number of aromatic amines is 1. The van der Waals surface area contributed by atoms with Gasteiger partial charge in [-0.15, -0.1) is 0 Å². The molecule has 1 heterocycles. The second kappa shape index (κ2) is 3.20. The van der Waals surface area contributed by atoms with Crippen LogP contribution in [0.4, 0.5) is 0 Å². The number of nitrogens with one attached hydrogen (secondary N) is 1. The maximum atomic E-state index is 11.8. The number of hydrogen-bond acceptors (Lipinski definition) is 1. The molecule has 2 heteroatoms. The minimum atomic E-state index is -0.0197. The van der Waals surface area contributed by atoms with Gasteiger partial charge in [0, 0.05) is 16.3 Å². The molecule has 1 aromatic heterocycles. The molecule has 3 aromatic rings. The van der Waals surface area contributed by atoms with Crippen LogP contribution < -0.4 is 5.56 Å². The Hall–Kier alpha value is -2.09. The zero-order valence-corrected chi connectivity index (χ0v) is 8.95. The van der Waals surface area contributed by atoms with Gasteiger partial charge >= 0.3 is 0 Å². The van der Waals surface area contributed by atoms with E-state index in [1.807, 2.05) is 36.4 Å². The fourth-order valence-electron chi connectivity index (χ4n) is 2.22. The highest BCUT2D eigenvalue weighted by Crippen LogP contribution is 2.23. The molecule has 0 amide bonds. The summed E-state index contributed by atoms with van der Waals surface area (Å²) < 4.78 is 0. The average molecular weight is 209 g/mol. The molecule has 1 N–H and O–H groups in total. The van der Waals surface area contributed by atoms with Gasteiger partial charge in [-0.1, -0.05) is 30.3 Å². The number of aryl methyl sites for hydroxylation is 1. The molecule has 16 heavy (non-hydrogen) atoms. The topological polar surface area (TPSA) is 32.9 Å². The van der Waals surface area contributed by atoms with Crippen LogP contribution in [0.15, 0.2) is 47.3 Å². The molecule has 0 saturated carbocycles. The van der Waals surface area contributed by atoms with Crippen molar-refractivity contribution in [3.8, 4) is 0 Å². The predicted molar refractivity (Wildman–Crippen MR) is 66.8 cm³/mol. The van der Waals surface area contributed by atoms with E-state index in [1.165, 1.54) is 5.56 Å². The van der Waals surface area contributed by atoms with Crippen molar-refractivity contribution >= 4 is 21.7 Å². The molecular weight excluding hydrogens is 198 g/mol. The van der Waals surface area contributed by atoms with Gasteiger partial charge in [-0.05, 0) is 30.0 Å². The summed E-state index contributed by atoms with van der Waals surface area (Å²) in [5.41, 5.74) is 2.07. The van der Waals surface area contributed by atoms with Gasteiger partial charge in [0.15, 0.2) is 0 Å². The molecule has 0 aliphatic carbocycles. The van der Waals surface area contributed by atoms with E-state index < -0.39 is 0 Å². The summed E-state index contributed by atoms with van der Waals surface area (Å²) >= 11 is 0. The first-order valence-electron chi connectivity index (χ1n) is 5.28. The molecule has 0 fully saturated rings. The molecule has 0 radical (unpaired) electrons. The molecule has 0 bridgehead atoms. The molecule has 78 valence electrons. The molecule has 0 aliphatic heterocycles. The van der Waals surface area contributed by atoms with Crippen molar-refractivity contribution in [3.05, 3.63) is 58.4 Å². The van der Waals surface area contributed by atoms with E-state index in [2.05, 4.69) is 18.0 Å². The van der Waals surface area contributed by atoms with Crippen LogP contribution in [0.25, 0.3) is 21.7 Å². The van der Waals surface area contributed by atoms with E-state index >= 15 is 0 Å². The van der Waals surface area contributed by atoms with Crippen molar-refractivity contribution in [1.82, 2.24) is 4.98 Å². The van der Waals surface area contributed by atoms with E-state index in [1.54, 1.807) is 0 Å². The lowest BCUT2D eigenvalue weighted by atomic mass is 10.0. The van der Waals surface area contributed by atoms with E-state index in [-0.39, 0.29) is 5.56 Å². The summed E-state index contributed by atoms with van der Waals surface area (Å²) in [6, 6.07) is 13.7. The third kappa shape index (κ3) is 1.16. The third-order valence-electron chi connectivity index (χ3n) is 2.96. The Balaban J connectivity index is 2.72. The highest BCUT2D eigenvalue weighted by atomic mass is 16.1. The van der Waals surface area contributed by atoms with E-state index in [0.717, 1.165) is 21.7 Å². The second-order valence-corrected chi connectivity index (χ2v) is 4.00. The van der Waals surface area contributed by atoms with Gasteiger partial charge in [-0.3, -0.25) is 4.79 Å². The molecule has 2 nitrogen and oxygen atoms in total. The molecule has 0 saturated heterocycles. The van der Waals surface area contributed by atoms with Crippen LogP contribution in [0.1, 0.15) is 5.56 Å². The fraction of sp³-hybridized carbons (Fsp3) is 0.0714. The van der Waals surface area contributed by atoms with Gasteiger partial charge in [0.2, 0.25) is 0 Å². The van der Waals surface area contributed by atoms with Crippen molar-refractivity contribution in [1.29, 1.82) is 0 Å². The summed E-state index contributed by atoms with van der Waals surface area (Å²) in [5, 5.41) is 2.92. The Morgan fingerprint density at radius 1 is 0.938 bits per heavy atom. The van der Waals surface area contributed by atoms with Gasteiger partial charge < -0.3 is 4.98 Å².